The predicted octanol–water partition coefficient (Wildman–Crippen LogP) is 4.66. The lowest BCUT2D eigenvalue weighted by molar-refractivity contribution is -0.132. The Kier molecular flexibility index (Phi) is 3.41. The minimum Gasteiger partial charge on any atom is -0.390 e. The zero-order valence-corrected chi connectivity index (χ0v) is 15.0. The van der Waals surface area contributed by atoms with Gasteiger partial charge in [-0.2, -0.15) is 0 Å². The van der Waals surface area contributed by atoms with Gasteiger partial charge in [-0.25, -0.2) is 0 Å². The average molecular weight is 316 g/mol. The van der Waals surface area contributed by atoms with E-state index in [1.807, 2.05) is 6.08 Å². The highest BCUT2D eigenvalue weighted by atomic mass is 16.3. The number of fused-ring (bicyclic) bond motifs is 5. The van der Waals surface area contributed by atoms with Gasteiger partial charge in [-0.15, -0.1) is 0 Å². The van der Waals surface area contributed by atoms with Gasteiger partial charge in [-0.1, -0.05) is 19.4 Å². The first-order valence-corrected chi connectivity index (χ1v) is 9.80. The molecular formula is C21H32O2. The second-order valence-electron chi connectivity index (χ2n) is 9.33. The van der Waals surface area contributed by atoms with Crippen LogP contribution < -0.4 is 0 Å². The number of hydrogen-bond acceptors (Lipinski definition) is 2. The van der Waals surface area contributed by atoms with Crippen LogP contribution in [0.2, 0.25) is 0 Å². The van der Waals surface area contributed by atoms with Gasteiger partial charge in [0, 0.05) is 11.8 Å². The molecule has 0 unspecified atom stereocenters. The van der Waals surface area contributed by atoms with Crippen LogP contribution in [0.4, 0.5) is 0 Å². The van der Waals surface area contributed by atoms with E-state index in [-0.39, 0.29) is 10.8 Å². The van der Waals surface area contributed by atoms with E-state index >= 15 is 0 Å². The molecule has 0 radical (unpaired) electrons. The Balaban J connectivity index is 1.71. The number of carbonyl (C=O) groups excluding carboxylic acids is 1. The minimum atomic E-state index is -0.475. The van der Waals surface area contributed by atoms with Gasteiger partial charge in [-0.3, -0.25) is 4.79 Å². The lowest BCUT2D eigenvalue weighted by Crippen LogP contribution is -2.55. The molecule has 0 heterocycles. The highest BCUT2D eigenvalue weighted by molar-refractivity contribution is 5.91. The molecule has 0 spiro atoms. The summed E-state index contributed by atoms with van der Waals surface area (Å²) in [5, 5.41) is 11.1. The first-order chi connectivity index (χ1) is 10.8. The van der Waals surface area contributed by atoms with Gasteiger partial charge >= 0.3 is 0 Å². The third-order valence-electron chi connectivity index (χ3n) is 8.82. The largest absolute Gasteiger partial charge is 0.390 e. The monoisotopic (exact) mass is 316 g/mol. The van der Waals surface area contributed by atoms with E-state index < -0.39 is 5.60 Å². The van der Waals surface area contributed by atoms with E-state index in [1.165, 1.54) is 31.3 Å². The SMILES string of the molecule is CC[C@]12CC[C@@H]3[C@H](CCC4=CC(=O)CC[C@@]43C)[C@H]1CC[C@]2(C)O. The normalized spacial score (nSPS) is 52.4. The van der Waals surface area contributed by atoms with E-state index in [0.717, 1.165) is 43.9 Å². The van der Waals surface area contributed by atoms with Crippen LogP contribution in [0.3, 0.4) is 0 Å². The molecule has 0 amide bonds. The third-order valence-corrected chi connectivity index (χ3v) is 8.82. The van der Waals surface area contributed by atoms with E-state index in [0.29, 0.717) is 11.7 Å². The summed E-state index contributed by atoms with van der Waals surface area (Å²) in [5.74, 6) is 2.53. The van der Waals surface area contributed by atoms with Gasteiger partial charge in [0.1, 0.15) is 0 Å². The van der Waals surface area contributed by atoms with E-state index in [4.69, 9.17) is 0 Å². The Morgan fingerprint density at radius 2 is 1.83 bits per heavy atom. The first kappa shape index (κ1) is 15.9. The van der Waals surface area contributed by atoms with Gasteiger partial charge in [0.2, 0.25) is 0 Å². The van der Waals surface area contributed by atoms with Crippen LogP contribution in [0.15, 0.2) is 11.6 Å². The van der Waals surface area contributed by atoms with Crippen molar-refractivity contribution in [1.29, 1.82) is 0 Å². The molecular weight excluding hydrogens is 284 g/mol. The summed E-state index contributed by atoms with van der Waals surface area (Å²) in [6.07, 6.45) is 11.9. The van der Waals surface area contributed by atoms with Gasteiger partial charge in [-0.05, 0) is 87.5 Å². The molecule has 6 atom stereocenters. The summed E-state index contributed by atoms with van der Waals surface area (Å²) in [6, 6.07) is 0. The van der Waals surface area contributed by atoms with Crippen molar-refractivity contribution < 1.29 is 9.90 Å². The molecule has 0 aromatic carbocycles. The molecule has 2 nitrogen and oxygen atoms in total. The van der Waals surface area contributed by atoms with Gasteiger partial charge in [0.05, 0.1) is 5.60 Å². The fourth-order valence-electron chi connectivity index (χ4n) is 7.44. The molecule has 2 heteroatoms. The van der Waals surface area contributed by atoms with Crippen LogP contribution in [-0.2, 0) is 4.79 Å². The summed E-state index contributed by atoms with van der Waals surface area (Å²) in [4.78, 5) is 11.9. The van der Waals surface area contributed by atoms with Gasteiger partial charge < -0.3 is 5.11 Å². The van der Waals surface area contributed by atoms with Gasteiger partial charge in [0.25, 0.3) is 0 Å². The number of carbonyl (C=O) groups is 1. The van der Waals surface area contributed by atoms with Crippen LogP contribution in [0, 0.1) is 28.6 Å². The highest BCUT2D eigenvalue weighted by Crippen LogP contribution is 2.68. The van der Waals surface area contributed by atoms with Crippen molar-refractivity contribution in [2.24, 2.45) is 28.6 Å². The standard InChI is InChI=1S/C21H32O2/c1-4-21-12-9-17-16(18(21)8-11-20(21,3)23)6-5-14-13-15(22)7-10-19(14,17)2/h13,16-18,23H,4-12H2,1-3H3/t16-,17+,18+,19-,20-,21-/m0/s1. The number of aliphatic hydroxyl groups is 1. The van der Waals surface area contributed by atoms with Crippen LogP contribution in [0.1, 0.15) is 78.6 Å². The molecule has 4 aliphatic rings. The van der Waals surface area contributed by atoms with E-state index in [1.54, 1.807) is 0 Å². The molecule has 4 aliphatic carbocycles. The fourth-order valence-corrected chi connectivity index (χ4v) is 7.44. The third kappa shape index (κ3) is 1.94. The topological polar surface area (TPSA) is 37.3 Å². The molecule has 0 aliphatic heterocycles. The van der Waals surface area contributed by atoms with E-state index in [2.05, 4.69) is 20.8 Å². The summed E-state index contributed by atoms with van der Waals surface area (Å²) >= 11 is 0. The van der Waals surface area contributed by atoms with Gasteiger partial charge in [0.15, 0.2) is 5.78 Å². The van der Waals surface area contributed by atoms with Crippen molar-refractivity contribution in [1.82, 2.24) is 0 Å². The Morgan fingerprint density at radius 3 is 2.57 bits per heavy atom. The van der Waals surface area contributed by atoms with Crippen molar-refractivity contribution in [2.45, 2.75) is 84.2 Å². The summed E-state index contributed by atoms with van der Waals surface area (Å²) in [6.45, 7) is 6.84. The number of ketones is 1. The molecule has 4 rings (SSSR count). The highest BCUT2D eigenvalue weighted by Gasteiger charge is 2.63. The average Bonchev–Trinajstić information content (AvgIpc) is 2.80. The van der Waals surface area contributed by atoms with Crippen molar-refractivity contribution >= 4 is 5.78 Å². The summed E-state index contributed by atoms with van der Waals surface area (Å²) < 4.78 is 0. The first-order valence-electron chi connectivity index (χ1n) is 9.80. The van der Waals surface area contributed by atoms with Crippen molar-refractivity contribution in [3.63, 3.8) is 0 Å². The Labute approximate surface area is 140 Å². The number of allylic oxidation sites excluding steroid dienone is 1. The molecule has 3 fully saturated rings. The van der Waals surface area contributed by atoms with Crippen LogP contribution in [-0.4, -0.2) is 16.5 Å². The number of rotatable bonds is 1. The maximum Gasteiger partial charge on any atom is 0.155 e. The fraction of sp³-hybridized carbons (Fsp3) is 0.857. The van der Waals surface area contributed by atoms with Crippen LogP contribution in [0.25, 0.3) is 0 Å². The van der Waals surface area contributed by atoms with Crippen molar-refractivity contribution in [3.8, 4) is 0 Å². The quantitative estimate of drug-likeness (QED) is 0.764. The predicted molar refractivity (Wildman–Crippen MR) is 92.0 cm³/mol. The molecule has 23 heavy (non-hydrogen) atoms. The lowest BCUT2D eigenvalue weighted by atomic mass is 9.46. The summed E-state index contributed by atoms with van der Waals surface area (Å²) in [7, 11) is 0. The molecule has 1 N–H and O–H groups in total. The number of hydrogen-bond donors (Lipinski definition) is 1. The summed E-state index contributed by atoms with van der Waals surface area (Å²) in [5.41, 5.74) is 1.38. The Bertz CT molecular complexity index is 560. The molecule has 0 bridgehead atoms. The lowest BCUT2D eigenvalue weighted by Gasteiger charge is -2.59. The molecule has 0 aromatic heterocycles. The van der Waals surface area contributed by atoms with Crippen LogP contribution in [0.5, 0.6) is 0 Å². The van der Waals surface area contributed by atoms with Crippen LogP contribution >= 0.6 is 0 Å². The van der Waals surface area contributed by atoms with Crippen molar-refractivity contribution in [3.05, 3.63) is 11.6 Å². The second kappa shape index (κ2) is 4.94. The molecule has 0 saturated heterocycles. The van der Waals surface area contributed by atoms with Crippen molar-refractivity contribution in [2.75, 3.05) is 0 Å². The molecule has 128 valence electrons. The molecule has 3 saturated carbocycles. The maximum absolute atomic E-state index is 11.9. The second-order valence-corrected chi connectivity index (χ2v) is 9.33. The van der Waals surface area contributed by atoms with E-state index in [9.17, 15) is 9.90 Å². The molecule has 0 aromatic rings. The zero-order chi connectivity index (χ0) is 16.5. The maximum atomic E-state index is 11.9. The zero-order valence-electron chi connectivity index (χ0n) is 15.0. The minimum absolute atomic E-state index is 0.149. The smallest absolute Gasteiger partial charge is 0.155 e. The Hall–Kier alpha value is -0.630. The Morgan fingerprint density at radius 1 is 1.09 bits per heavy atom.